The molecule has 0 unspecified atom stereocenters. The molecule has 1 aromatic carbocycles. The Hall–Kier alpha value is -2.34. The molecule has 140 valence electrons. The summed E-state index contributed by atoms with van der Waals surface area (Å²) in [7, 11) is 0. The molecule has 0 aliphatic carbocycles. The number of aliphatic imine (C=N–C) groups is 1. The van der Waals surface area contributed by atoms with Gasteiger partial charge in [-0.05, 0) is 38.5 Å². The van der Waals surface area contributed by atoms with Crippen molar-refractivity contribution in [2.24, 2.45) is 10.4 Å². The van der Waals surface area contributed by atoms with Gasteiger partial charge in [0.2, 0.25) is 0 Å². The second kappa shape index (κ2) is 7.91. The van der Waals surface area contributed by atoms with Crippen LogP contribution >= 0.6 is 0 Å². The zero-order valence-corrected chi connectivity index (χ0v) is 16.2. The van der Waals surface area contributed by atoms with Crippen molar-refractivity contribution >= 4 is 5.96 Å². The van der Waals surface area contributed by atoms with E-state index in [1.807, 2.05) is 23.7 Å². The van der Waals surface area contributed by atoms with E-state index in [0.29, 0.717) is 6.54 Å². The van der Waals surface area contributed by atoms with Crippen molar-refractivity contribution in [3.8, 4) is 5.69 Å². The van der Waals surface area contributed by atoms with Gasteiger partial charge in [0, 0.05) is 24.2 Å². The molecule has 3 rings (SSSR count). The average Bonchev–Trinajstić information content (AvgIpc) is 2.94. The van der Waals surface area contributed by atoms with Gasteiger partial charge in [0.05, 0.1) is 31.1 Å². The predicted molar refractivity (Wildman–Crippen MR) is 105 cm³/mol. The lowest BCUT2D eigenvalue weighted by Crippen LogP contribution is -2.51. The molecule has 2 heterocycles. The molecular formula is C20H29N5O. The maximum Gasteiger partial charge on any atom is 0.191 e. The molecule has 26 heavy (non-hydrogen) atoms. The third-order valence-electron chi connectivity index (χ3n) is 4.56. The number of nitrogens with one attached hydrogen (secondary N) is 2. The lowest BCUT2D eigenvalue weighted by atomic mass is 9.89. The van der Waals surface area contributed by atoms with Crippen LogP contribution in [0.25, 0.3) is 5.69 Å². The first-order valence-electron chi connectivity index (χ1n) is 9.22. The number of nitrogens with zero attached hydrogens (tertiary/aromatic N) is 3. The Kier molecular flexibility index (Phi) is 5.61. The normalized spacial score (nSPS) is 16.2. The van der Waals surface area contributed by atoms with Gasteiger partial charge in [0.15, 0.2) is 5.96 Å². The van der Waals surface area contributed by atoms with Crippen molar-refractivity contribution in [3.63, 3.8) is 0 Å². The molecule has 2 N–H and O–H groups in total. The minimum absolute atomic E-state index is 0.206. The van der Waals surface area contributed by atoms with Crippen LogP contribution < -0.4 is 10.6 Å². The second-order valence-electron chi connectivity index (χ2n) is 7.32. The summed E-state index contributed by atoms with van der Waals surface area (Å²) in [5.41, 5.74) is 4.58. The van der Waals surface area contributed by atoms with Gasteiger partial charge in [0.1, 0.15) is 0 Å². The number of hydrogen-bond donors (Lipinski definition) is 2. The van der Waals surface area contributed by atoms with E-state index in [1.54, 1.807) is 0 Å². The van der Waals surface area contributed by atoms with Crippen molar-refractivity contribution < 1.29 is 4.74 Å². The zero-order chi connectivity index (χ0) is 18.6. The van der Waals surface area contributed by atoms with Crippen LogP contribution in [0.2, 0.25) is 0 Å². The summed E-state index contributed by atoms with van der Waals surface area (Å²) in [6.07, 6.45) is 0. The Labute approximate surface area is 155 Å². The van der Waals surface area contributed by atoms with Gasteiger partial charge in [-0.15, -0.1) is 0 Å². The Balaban J connectivity index is 1.76. The Bertz CT molecular complexity index is 776. The van der Waals surface area contributed by atoms with E-state index in [0.717, 1.165) is 54.9 Å². The molecule has 1 aliphatic rings. The Morgan fingerprint density at radius 2 is 2.04 bits per heavy atom. The van der Waals surface area contributed by atoms with Gasteiger partial charge >= 0.3 is 0 Å². The first-order chi connectivity index (χ1) is 12.5. The van der Waals surface area contributed by atoms with E-state index in [4.69, 9.17) is 9.73 Å². The van der Waals surface area contributed by atoms with Crippen LogP contribution in [-0.4, -0.2) is 42.0 Å². The number of para-hydroxylation sites is 1. The minimum atomic E-state index is 0.206. The lowest BCUT2D eigenvalue weighted by molar-refractivity contribution is -0.0971. The van der Waals surface area contributed by atoms with Gasteiger partial charge in [-0.25, -0.2) is 9.67 Å². The van der Waals surface area contributed by atoms with Crippen LogP contribution in [0, 0.1) is 19.3 Å². The first-order valence-corrected chi connectivity index (χ1v) is 9.22. The smallest absolute Gasteiger partial charge is 0.191 e. The minimum Gasteiger partial charge on any atom is -0.380 e. The number of benzene rings is 1. The second-order valence-corrected chi connectivity index (χ2v) is 7.32. The lowest BCUT2D eigenvalue weighted by Gasteiger charge is -2.38. The zero-order valence-electron chi connectivity index (χ0n) is 16.2. The fourth-order valence-electron chi connectivity index (χ4n) is 3.08. The van der Waals surface area contributed by atoms with Crippen molar-refractivity contribution in [2.75, 3.05) is 26.3 Å². The highest BCUT2D eigenvalue weighted by Crippen LogP contribution is 2.25. The van der Waals surface area contributed by atoms with Crippen LogP contribution in [0.5, 0.6) is 0 Å². The highest BCUT2D eigenvalue weighted by atomic mass is 16.5. The van der Waals surface area contributed by atoms with Gasteiger partial charge in [-0.1, -0.05) is 25.1 Å². The first kappa shape index (κ1) is 18.5. The largest absolute Gasteiger partial charge is 0.380 e. The van der Waals surface area contributed by atoms with E-state index in [1.165, 1.54) is 0 Å². The summed E-state index contributed by atoms with van der Waals surface area (Å²) >= 11 is 0. The molecule has 0 amide bonds. The number of aryl methyl sites for hydroxylation is 2. The molecular weight excluding hydrogens is 326 g/mol. The van der Waals surface area contributed by atoms with Crippen LogP contribution in [-0.2, 0) is 11.3 Å². The fraction of sp³-hybridized carbons (Fsp3) is 0.500. The number of ether oxygens (including phenoxy) is 1. The predicted octanol–water partition coefficient (Wildman–Crippen LogP) is 2.58. The Morgan fingerprint density at radius 3 is 2.65 bits per heavy atom. The monoisotopic (exact) mass is 355 g/mol. The molecule has 1 aromatic heterocycles. The molecule has 0 spiro atoms. The third kappa shape index (κ3) is 4.25. The highest BCUT2D eigenvalue weighted by Gasteiger charge is 2.33. The molecule has 1 fully saturated rings. The highest BCUT2D eigenvalue weighted by molar-refractivity contribution is 5.79. The molecule has 0 atom stereocenters. The molecule has 2 aromatic rings. The maximum absolute atomic E-state index is 5.33. The van der Waals surface area contributed by atoms with E-state index in [2.05, 4.69) is 54.7 Å². The molecule has 1 aliphatic heterocycles. The van der Waals surface area contributed by atoms with Crippen LogP contribution in [0.4, 0.5) is 0 Å². The molecule has 0 saturated carbocycles. The summed E-state index contributed by atoms with van der Waals surface area (Å²) in [4.78, 5) is 4.78. The summed E-state index contributed by atoms with van der Waals surface area (Å²) < 4.78 is 7.32. The number of hydrogen-bond acceptors (Lipinski definition) is 3. The van der Waals surface area contributed by atoms with Crippen molar-refractivity contribution in [1.82, 2.24) is 20.4 Å². The van der Waals surface area contributed by atoms with E-state index < -0.39 is 0 Å². The number of aromatic nitrogens is 2. The molecule has 1 saturated heterocycles. The van der Waals surface area contributed by atoms with E-state index in [-0.39, 0.29) is 5.41 Å². The third-order valence-corrected chi connectivity index (χ3v) is 4.56. The Morgan fingerprint density at radius 1 is 1.27 bits per heavy atom. The van der Waals surface area contributed by atoms with E-state index >= 15 is 0 Å². The summed E-state index contributed by atoms with van der Waals surface area (Å²) in [6, 6.07) is 10.4. The standard InChI is InChI=1S/C20H29N5O/c1-5-21-19(23-12-20(4)13-26-14-20)22-11-17-8-6-7-9-18(17)25-16(3)10-15(2)24-25/h6-10H,5,11-14H2,1-4H3,(H2,21,22,23). The van der Waals surface area contributed by atoms with Gasteiger partial charge in [0.25, 0.3) is 0 Å². The summed E-state index contributed by atoms with van der Waals surface area (Å²) in [5, 5.41) is 11.4. The van der Waals surface area contributed by atoms with Gasteiger partial charge in [-0.2, -0.15) is 5.10 Å². The number of guanidine groups is 1. The quantitative estimate of drug-likeness (QED) is 0.617. The molecule has 6 heteroatoms. The van der Waals surface area contributed by atoms with Crippen molar-refractivity contribution in [1.29, 1.82) is 0 Å². The maximum atomic E-state index is 5.33. The number of rotatable bonds is 6. The summed E-state index contributed by atoms with van der Waals surface area (Å²) in [6.45, 7) is 12.3. The fourth-order valence-corrected chi connectivity index (χ4v) is 3.08. The summed E-state index contributed by atoms with van der Waals surface area (Å²) in [5.74, 6) is 0.837. The average molecular weight is 355 g/mol. The van der Waals surface area contributed by atoms with Crippen LogP contribution in [0.3, 0.4) is 0 Å². The topological polar surface area (TPSA) is 63.5 Å². The SMILES string of the molecule is CCNC(=NCc1ccccc1-n1nc(C)cc1C)NCC1(C)COC1. The molecule has 6 nitrogen and oxygen atoms in total. The molecule has 0 bridgehead atoms. The van der Waals surface area contributed by atoms with E-state index in [9.17, 15) is 0 Å². The van der Waals surface area contributed by atoms with Crippen molar-refractivity contribution in [2.45, 2.75) is 34.2 Å². The van der Waals surface area contributed by atoms with Crippen molar-refractivity contribution in [3.05, 3.63) is 47.3 Å². The van der Waals surface area contributed by atoms with Crippen LogP contribution in [0.15, 0.2) is 35.3 Å². The van der Waals surface area contributed by atoms with Gasteiger partial charge in [-0.3, -0.25) is 0 Å². The molecule has 0 radical (unpaired) electrons. The van der Waals surface area contributed by atoms with Crippen LogP contribution in [0.1, 0.15) is 30.8 Å². The van der Waals surface area contributed by atoms with Gasteiger partial charge < -0.3 is 15.4 Å².